The lowest BCUT2D eigenvalue weighted by molar-refractivity contribution is -0.123. The Morgan fingerprint density at radius 3 is 2.86 bits per heavy atom. The van der Waals surface area contributed by atoms with Gasteiger partial charge in [0.05, 0.1) is 22.8 Å². The molecule has 0 aromatic carbocycles. The van der Waals surface area contributed by atoms with Crippen LogP contribution in [0.2, 0.25) is 0 Å². The van der Waals surface area contributed by atoms with Gasteiger partial charge in [0.1, 0.15) is 0 Å². The van der Waals surface area contributed by atoms with E-state index < -0.39 is 0 Å². The van der Waals surface area contributed by atoms with Crippen molar-refractivity contribution in [2.75, 3.05) is 12.4 Å². The second-order valence-corrected chi connectivity index (χ2v) is 7.88. The van der Waals surface area contributed by atoms with Crippen molar-refractivity contribution in [3.05, 3.63) is 16.1 Å². The summed E-state index contributed by atoms with van der Waals surface area (Å²) in [4.78, 5) is 16.5. The molecule has 0 atom stereocenters. The zero-order chi connectivity index (χ0) is 15.1. The van der Waals surface area contributed by atoms with Crippen LogP contribution >= 0.6 is 23.1 Å². The van der Waals surface area contributed by atoms with E-state index in [2.05, 4.69) is 15.7 Å². The fourth-order valence-corrected chi connectivity index (χ4v) is 4.27. The molecule has 4 nitrogen and oxygen atoms in total. The van der Waals surface area contributed by atoms with E-state index in [0.717, 1.165) is 47.9 Å². The third-order valence-corrected chi connectivity index (χ3v) is 5.72. The molecule has 1 aliphatic rings. The second kappa shape index (κ2) is 8.15. The summed E-state index contributed by atoms with van der Waals surface area (Å²) in [5, 5.41) is 15.8. The lowest BCUT2D eigenvalue weighted by Gasteiger charge is -2.36. The number of aromatic nitrogens is 1. The minimum absolute atomic E-state index is 0.0595. The Hall–Kier alpha value is -0.590. The molecule has 0 radical (unpaired) electrons. The Kier molecular flexibility index (Phi) is 6.51. The van der Waals surface area contributed by atoms with Gasteiger partial charge < -0.3 is 10.4 Å². The lowest BCUT2D eigenvalue weighted by atomic mass is 9.82. The van der Waals surface area contributed by atoms with Crippen molar-refractivity contribution in [1.82, 2.24) is 10.3 Å². The van der Waals surface area contributed by atoms with Gasteiger partial charge in [0.25, 0.3) is 0 Å². The van der Waals surface area contributed by atoms with Gasteiger partial charge in [-0.05, 0) is 19.8 Å². The Morgan fingerprint density at radius 1 is 1.48 bits per heavy atom. The first-order valence-electron chi connectivity index (χ1n) is 7.54. The Bertz CT molecular complexity index is 456. The maximum Gasteiger partial charge on any atom is 0.221 e. The van der Waals surface area contributed by atoms with E-state index in [1.54, 1.807) is 23.1 Å². The Balaban J connectivity index is 1.67. The molecular weight excluding hydrogens is 304 g/mol. The highest BCUT2D eigenvalue weighted by molar-refractivity contribution is 7.98. The average Bonchev–Trinajstić information content (AvgIpc) is 2.90. The van der Waals surface area contributed by atoms with Gasteiger partial charge in [-0.15, -0.1) is 11.3 Å². The van der Waals surface area contributed by atoms with Gasteiger partial charge in [-0.25, -0.2) is 4.98 Å². The number of thioether (sulfide) groups is 1. The van der Waals surface area contributed by atoms with Crippen LogP contribution in [0, 0.1) is 6.92 Å². The molecule has 1 aliphatic carbocycles. The van der Waals surface area contributed by atoms with Crippen LogP contribution in [0.1, 0.15) is 49.2 Å². The van der Waals surface area contributed by atoms with Crippen LogP contribution in [-0.2, 0) is 10.5 Å². The molecule has 6 heteroatoms. The maximum atomic E-state index is 12.0. The molecule has 1 amide bonds. The average molecular weight is 329 g/mol. The molecule has 0 aliphatic heterocycles. The summed E-state index contributed by atoms with van der Waals surface area (Å²) in [6.07, 6.45) is 5.72. The minimum atomic E-state index is -0.355. The van der Waals surface area contributed by atoms with Crippen LogP contribution in [0.15, 0.2) is 5.38 Å². The highest BCUT2D eigenvalue weighted by Crippen LogP contribution is 2.28. The predicted octanol–water partition coefficient (Wildman–Crippen LogP) is 2.89. The van der Waals surface area contributed by atoms with Crippen LogP contribution in [0.3, 0.4) is 0 Å². The maximum absolute atomic E-state index is 12.0. The van der Waals surface area contributed by atoms with Crippen LogP contribution in [0.25, 0.3) is 0 Å². The van der Waals surface area contributed by atoms with E-state index in [0.29, 0.717) is 6.42 Å². The van der Waals surface area contributed by atoms with E-state index in [-0.39, 0.29) is 18.1 Å². The molecule has 1 fully saturated rings. The summed E-state index contributed by atoms with van der Waals surface area (Å²) in [5.74, 6) is 1.72. The normalized spacial score (nSPS) is 17.6. The summed E-state index contributed by atoms with van der Waals surface area (Å²) >= 11 is 3.40. The van der Waals surface area contributed by atoms with Gasteiger partial charge >= 0.3 is 0 Å². The number of rotatable bonds is 7. The number of hydrogen-bond acceptors (Lipinski definition) is 5. The van der Waals surface area contributed by atoms with Crippen molar-refractivity contribution >= 4 is 29.0 Å². The van der Waals surface area contributed by atoms with Crippen molar-refractivity contribution in [3.63, 3.8) is 0 Å². The standard InChI is InChI=1S/C15H24N2O2S2/c1-12-16-13(10-21-12)9-20-8-5-14(19)17-15(11-18)6-3-2-4-7-15/h10,18H,2-9,11H2,1H3,(H,17,19). The van der Waals surface area contributed by atoms with Crippen molar-refractivity contribution in [2.45, 2.75) is 56.7 Å². The molecule has 1 aromatic heterocycles. The van der Waals surface area contributed by atoms with Gasteiger partial charge in [-0.2, -0.15) is 11.8 Å². The molecule has 0 spiro atoms. The molecule has 0 bridgehead atoms. The van der Waals surface area contributed by atoms with Gasteiger partial charge in [0, 0.05) is 23.3 Å². The van der Waals surface area contributed by atoms with Gasteiger partial charge in [-0.3, -0.25) is 4.79 Å². The summed E-state index contributed by atoms with van der Waals surface area (Å²) in [7, 11) is 0. The molecule has 0 unspecified atom stereocenters. The highest BCUT2D eigenvalue weighted by Gasteiger charge is 2.32. The summed E-state index contributed by atoms with van der Waals surface area (Å²) < 4.78 is 0. The van der Waals surface area contributed by atoms with Gasteiger partial charge in [0.2, 0.25) is 5.91 Å². The number of aliphatic hydroxyl groups is 1. The van der Waals surface area contributed by atoms with E-state index in [1.165, 1.54) is 6.42 Å². The molecule has 0 saturated heterocycles. The predicted molar refractivity (Wildman–Crippen MR) is 88.7 cm³/mol. The van der Waals surface area contributed by atoms with Crippen molar-refractivity contribution in [2.24, 2.45) is 0 Å². The number of aliphatic hydroxyl groups excluding tert-OH is 1. The molecule has 118 valence electrons. The monoisotopic (exact) mass is 328 g/mol. The largest absolute Gasteiger partial charge is 0.394 e. The number of thiazole rings is 1. The molecule has 1 aromatic rings. The van der Waals surface area contributed by atoms with E-state index in [4.69, 9.17) is 0 Å². The van der Waals surface area contributed by atoms with E-state index >= 15 is 0 Å². The molecular formula is C15H24N2O2S2. The van der Waals surface area contributed by atoms with Gasteiger partial charge in [-0.1, -0.05) is 19.3 Å². The Labute approximate surface area is 134 Å². The Morgan fingerprint density at radius 2 is 2.24 bits per heavy atom. The SMILES string of the molecule is Cc1nc(CSCCC(=O)NC2(CO)CCCCC2)cs1. The first-order chi connectivity index (χ1) is 10.1. The first kappa shape index (κ1) is 16.8. The summed E-state index contributed by atoms with van der Waals surface area (Å²) in [6.45, 7) is 2.06. The third-order valence-electron chi connectivity index (χ3n) is 3.91. The molecule has 21 heavy (non-hydrogen) atoms. The highest BCUT2D eigenvalue weighted by atomic mass is 32.2. The van der Waals surface area contributed by atoms with Crippen molar-refractivity contribution < 1.29 is 9.90 Å². The van der Waals surface area contributed by atoms with Crippen LogP contribution < -0.4 is 5.32 Å². The van der Waals surface area contributed by atoms with Crippen LogP contribution in [-0.4, -0.2) is 33.9 Å². The molecule has 2 rings (SSSR count). The zero-order valence-corrected chi connectivity index (χ0v) is 14.2. The zero-order valence-electron chi connectivity index (χ0n) is 12.6. The van der Waals surface area contributed by atoms with E-state index in [1.807, 2.05) is 6.92 Å². The number of aryl methyl sites for hydroxylation is 1. The van der Waals surface area contributed by atoms with Crippen molar-refractivity contribution in [1.29, 1.82) is 0 Å². The fraction of sp³-hybridized carbons (Fsp3) is 0.733. The number of carbonyl (C=O) groups is 1. The minimum Gasteiger partial charge on any atom is -0.394 e. The third kappa shape index (κ3) is 5.27. The summed E-state index contributed by atoms with van der Waals surface area (Å²) in [5.41, 5.74) is 0.744. The number of amides is 1. The van der Waals surface area contributed by atoms with Crippen LogP contribution in [0.4, 0.5) is 0 Å². The molecule has 1 heterocycles. The second-order valence-electron chi connectivity index (χ2n) is 5.71. The number of carbonyl (C=O) groups excluding carboxylic acids is 1. The van der Waals surface area contributed by atoms with Crippen LogP contribution in [0.5, 0.6) is 0 Å². The number of nitrogens with one attached hydrogen (secondary N) is 1. The topological polar surface area (TPSA) is 62.2 Å². The smallest absolute Gasteiger partial charge is 0.221 e. The number of hydrogen-bond donors (Lipinski definition) is 2. The molecule has 2 N–H and O–H groups in total. The number of nitrogens with zero attached hydrogens (tertiary/aromatic N) is 1. The van der Waals surface area contributed by atoms with E-state index in [9.17, 15) is 9.90 Å². The fourth-order valence-electron chi connectivity index (χ4n) is 2.73. The van der Waals surface area contributed by atoms with Crippen molar-refractivity contribution in [3.8, 4) is 0 Å². The summed E-state index contributed by atoms with van der Waals surface area (Å²) in [6, 6.07) is 0. The quantitative estimate of drug-likeness (QED) is 0.756. The molecule has 1 saturated carbocycles. The van der Waals surface area contributed by atoms with Gasteiger partial charge in [0.15, 0.2) is 0 Å². The lowest BCUT2D eigenvalue weighted by Crippen LogP contribution is -2.52. The first-order valence-corrected chi connectivity index (χ1v) is 9.58.